The standard InChI is InChI=1S/C19H24N8OS/c1-2-26-16(12-27-24-18(22-25-27)14-8-4-3-5-9-14)21-23-19(26)29-13-17(28)20-15-10-6-7-11-15/h3-5,8-9,15H,2,6-7,10-13H2,1H3,(H,20,28). The maximum Gasteiger partial charge on any atom is 0.230 e. The molecule has 29 heavy (non-hydrogen) atoms. The summed E-state index contributed by atoms with van der Waals surface area (Å²) in [6.07, 6.45) is 4.57. The van der Waals surface area contributed by atoms with Gasteiger partial charge in [0.1, 0.15) is 6.54 Å². The number of hydrogen-bond donors (Lipinski definition) is 1. The van der Waals surface area contributed by atoms with Crippen molar-refractivity contribution in [1.82, 2.24) is 40.3 Å². The molecule has 3 aromatic rings. The van der Waals surface area contributed by atoms with Crippen molar-refractivity contribution >= 4 is 17.7 Å². The molecular formula is C19H24N8OS. The molecule has 1 amide bonds. The van der Waals surface area contributed by atoms with Crippen LogP contribution in [0.5, 0.6) is 0 Å². The molecule has 0 atom stereocenters. The zero-order valence-electron chi connectivity index (χ0n) is 16.4. The lowest BCUT2D eigenvalue weighted by atomic mass is 10.2. The second kappa shape index (κ2) is 9.17. The molecule has 10 heteroatoms. The van der Waals surface area contributed by atoms with Gasteiger partial charge in [-0.25, -0.2) is 0 Å². The highest BCUT2D eigenvalue weighted by molar-refractivity contribution is 7.99. The first-order chi connectivity index (χ1) is 14.2. The van der Waals surface area contributed by atoms with Crippen LogP contribution in [-0.2, 0) is 17.9 Å². The van der Waals surface area contributed by atoms with Crippen molar-refractivity contribution in [3.63, 3.8) is 0 Å². The molecule has 0 saturated heterocycles. The number of nitrogens with zero attached hydrogens (tertiary/aromatic N) is 7. The quantitative estimate of drug-likeness (QED) is 0.565. The molecule has 2 aromatic heterocycles. The number of aromatic nitrogens is 7. The van der Waals surface area contributed by atoms with Crippen LogP contribution >= 0.6 is 11.8 Å². The maximum absolute atomic E-state index is 12.2. The largest absolute Gasteiger partial charge is 0.353 e. The van der Waals surface area contributed by atoms with E-state index >= 15 is 0 Å². The van der Waals surface area contributed by atoms with Gasteiger partial charge in [0.05, 0.1) is 5.75 Å². The number of amides is 1. The third kappa shape index (κ3) is 4.81. The molecule has 0 unspecified atom stereocenters. The van der Waals surface area contributed by atoms with Crippen molar-refractivity contribution in [2.75, 3.05) is 5.75 Å². The van der Waals surface area contributed by atoms with Crippen LogP contribution in [-0.4, -0.2) is 52.7 Å². The normalized spacial score (nSPS) is 14.4. The molecule has 1 aliphatic carbocycles. The minimum atomic E-state index is 0.0551. The van der Waals surface area contributed by atoms with Crippen LogP contribution in [0.3, 0.4) is 0 Å². The molecule has 9 nitrogen and oxygen atoms in total. The minimum Gasteiger partial charge on any atom is -0.353 e. The first-order valence-corrected chi connectivity index (χ1v) is 10.9. The highest BCUT2D eigenvalue weighted by atomic mass is 32.2. The summed E-state index contributed by atoms with van der Waals surface area (Å²) in [5.41, 5.74) is 0.917. The molecule has 0 radical (unpaired) electrons. The Balaban J connectivity index is 1.38. The Bertz CT molecular complexity index is 948. The van der Waals surface area contributed by atoms with Crippen LogP contribution in [0.15, 0.2) is 35.5 Å². The van der Waals surface area contributed by atoms with Crippen molar-refractivity contribution in [2.24, 2.45) is 0 Å². The monoisotopic (exact) mass is 412 g/mol. The summed E-state index contributed by atoms with van der Waals surface area (Å²) in [6.45, 7) is 3.10. The molecule has 2 heterocycles. The van der Waals surface area contributed by atoms with Crippen molar-refractivity contribution in [2.45, 2.75) is 56.9 Å². The summed E-state index contributed by atoms with van der Waals surface area (Å²) >= 11 is 1.41. The number of rotatable bonds is 8. The summed E-state index contributed by atoms with van der Waals surface area (Å²) in [4.78, 5) is 13.7. The molecule has 1 N–H and O–H groups in total. The summed E-state index contributed by atoms with van der Waals surface area (Å²) < 4.78 is 1.99. The zero-order chi connectivity index (χ0) is 20.1. The lowest BCUT2D eigenvalue weighted by Crippen LogP contribution is -2.33. The SMILES string of the molecule is CCn1c(Cn2nnc(-c3ccccc3)n2)nnc1SCC(=O)NC1CCCC1. The van der Waals surface area contributed by atoms with Gasteiger partial charge in [0, 0.05) is 18.2 Å². The fourth-order valence-corrected chi connectivity index (χ4v) is 4.30. The van der Waals surface area contributed by atoms with Gasteiger partial charge in [-0.15, -0.1) is 20.4 Å². The Morgan fingerprint density at radius 3 is 2.72 bits per heavy atom. The van der Waals surface area contributed by atoms with Crippen LogP contribution in [0.25, 0.3) is 11.4 Å². The second-order valence-electron chi connectivity index (χ2n) is 6.99. The third-order valence-electron chi connectivity index (χ3n) is 4.93. The van der Waals surface area contributed by atoms with E-state index in [-0.39, 0.29) is 5.91 Å². The Morgan fingerprint density at radius 1 is 1.17 bits per heavy atom. The van der Waals surface area contributed by atoms with Crippen molar-refractivity contribution in [1.29, 1.82) is 0 Å². The number of carbonyl (C=O) groups excluding carboxylic acids is 1. The number of benzene rings is 1. The smallest absolute Gasteiger partial charge is 0.230 e. The van der Waals surface area contributed by atoms with E-state index < -0.39 is 0 Å². The van der Waals surface area contributed by atoms with Gasteiger partial charge in [-0.3, -0.25) is 4.79 Å². The van der Waals surface area contributed by atoms with Gasteiger partial charge in [-0.1, -0.05) is 54.9 Å². The van der Waals surface area contributed by atoms with E-state index in [1.165, 1.54) is 29.4 Å². The van der Waals surface area contributed by atoms with Crippen LogP contribution in [0.1, 0.15) is 38.4 Å². The fraction of sp³-hybridized carbons (Fsp3) is 0.474. The minimum absolute atomic E-state index is 0.0551. The van der Waals surface area contributed by atoms with Gasteiger partial charge in [0.2, 0.25) is 11.7 Å². The molecule has 0 aliphatic heterocycles. The molecule has 0 spiro atoms. The van der Waals surface area contributed by atoms with E-state index in [0.717, 1.165) is 29.4 Å². The van der Waals surface area contributed by atoms with Crippen LogP contribution < -0.4 is 5.32 Å². The number of hydrogen-bond acceptors (Lipinski definition) is 7. The Labute approximate surface area is 173 Å². The van der Waals surface area contributed by atoms with Crippen molar-refractivity contribution in [3.05, 3.63) is 36.2 Å². The molecule has 1 aromatic carbocycles. The van der Waals surface area contributed by atoms with E-state index in [1.54, 1.807) is 0 Å². The predicted molar refractivity (Wildman–Crippen MR) is 109 cm³/mol. The zero-order valence-corrected chi connectivity index (χ0v) is 17.2. The van der Waals surface area contributed by atoms with Crippen molar-refractivity contribution < 1.29 is 4.79 Å². The van der Waals surface area contributed by atoms with Crippen LogP contribution in [0, 0.1) is 0 Å². The lowest BCUT2D eigenvalue weighted by Gasteiger charge is -2.11. The Morgan fingerprint density at radius 2 is 1.97 bits per heavy atom. The van der Waals surface area contributed by atoms with Gasteiger partial charge >= 0.3 is 0 Å². The average molecular weight is 413 g/mol. The van der Waals surface area contributed by atoms with E-state index in [4.69, 9.17) is 0 Å². The van der Waals surface area contributed by atoms with E-state index in [2.05, 4.69) is 30.9 Å². The molecule has 1 aliphatic rings. The number of carbonyl (C=O) groups is 1. The van der Waals surface area contributed by atoms with E-state index in [0.29, 0.717) is 30.7 Å². The molecule has 0 bridgehead atoms. The highest BCUT2D eigenvalue weighted by Crippen LogP contribution is 2.20. The molecule has 4 rings (SSSR count). The first kappa shape index (κ1) is 19.6. The average Bonchev–Trinajstić information content (AvgIpc) is 3.49. The number of tetrazole rings is 1. The van der Waals surface area contributed by atoms with Crippen molar-refractivity contribution in [3.8, 4) is 11.4 Å². The van der Waals surface area contributed by atoms with Gasteiger partial charge in [0.25, 0.3) is 0 Å². The third-order valence-corrected chi connectivity index (χ3v) is 5.90. The van der Waals surface area contributed by atoms with Crippen LogP contribution in [0.4, 0.5) is 0 Å². The Kier molecular flexibility index (Phi) is 6.18. The van der Waals surface area contributed by atoms with Gasteiger partial charge in [-0.05, 0) is 25.0 Å². The van der Waals surface area contributed by atoms with Gasteiger partial charge in [-0.2, -0.15) is 4.80 Å². The topological polar surface area (TPSA) is 103 Å². The maximum atomic E-state index is 12.2. The highest BCUT2D eigenvalue weighted by Gasteiger charge is 2.19. The summed E-state index contributed by atoms with van der Waals surface area (Å²) in [5.74, 6) is 1.71. The van der Waals surface area contributed by atoms with E-state index in [1.807, 2.05) is 41.8 Å². The Hall–Kier alpha value is -2.75. The lowest BCUT2D eigenvalue weighted by molar-refractivity contribution is -0.119. The molecule has 152 valence electrons. The van der Waals surface area contributed by atoms with E-state index in [9.17, 15) is 4.79 Å². The van der Waals surface area contributed by atoms with Gasteiger partial charge in [0.15, 0.2) is 11.0 Å². The second-order valence-corrected chi connectivity index (χ2v) is 7.93. The number of nitrogens with one attached hydrogen (secondary N) is 1. The number of thioether (sulfide) groups is 1. The predicted octanol–water partition coefficient (Wildman–Crippen LogP) is 2.15. The summed E-state index contributed by atoms with van der Waals surface area (Å²) in [7, 11) is 0. The fourth-order valence-electron chi connectivity index (χ4n) is 3.47. The molecule has 1 saturated carbocycles. The summed E-state index contributed by atoms with van der Waals surface area (Å²) in [5, 5.41) is 25.0. The van der Waals surface area contributed by atoms with Gasteiger partial charge < -0.3 is 9.88 Å². The first-order valence-electron chi connectivity index (χ1n) is 9.90. The molecular weight excluding hydrogens is 388 g/mol. The molecule has 1 fully saturated rings. The summed E-state index contributed by atoms with van der Waals surface area (Å²) in [6, 6.07) is 10.1. The van der Waals surface area contributed by atoms with Crippen LogP contribution in [0.2, 0.25) is 0 Å².